The van der Waals surface area contributed by atoms with Crippen LogP contribution in [0.15, 0.2) is 22.7 Å². The minimum absolute atomic E-state index is 0.414. The first-order valence-corrected chi connectivity index (χ1v) is 8.42. The Labute approximate surface area is 127 Å². The molecule has 0 saturated carbocycles. The molecule has 1 heterocycles. The highest BCUT2D eigenvalue weighted by atomic mass is 79.9. The van der Waals surface area contributed by atoms with Crippen molar-refractivity contribution in [3.05, 3.63) is 28.2 Å². The smallest absolute Gasteiger partial charge is 0.0510 e. The van der Waals surface area contributed by atoms with Gasteiger partial charge in [-0.3, -0.25) is 0 Å². The Morgan fingerprint density at radius 1 is 1.33 bits per heavy atom. The molecule has 1 aliphatic heterocycles. The average Bonchev–Trinajstić information content (AvgIpc) is 2.77. The minimum atomic E-state index is 0.414. The first kappa shape index (κ1) is 14.4. The number of anilines is 1. The van der Waals surface area contributed by atoms with Crippen molar-refractivity contribution >= 4 is 37.5 Å². The first-order chi connectivity index (χ1) is 8.41. The van der Waals surface area contributed by atoms with Crippen LogP contribution < -0.4 is 4.90 Å². The van der Waals surface area contributed by atoms with Crippen LogP contribution in [0.3, 0.4) is 0 Å². The van der Waals surface area contributed by atoms with Crippen molar-refractivity contribution in [1.29, 1.82) is 0 Å². The number of benzene rings is 1. The van der Waals surface area contributed by atoms with Gasteiger partial charge in [0.05, 0.1) is 5.69 Å². The predicted molar refractivity (Wildman–Crippen MR) is 86.5 cm³/mol. The Bertz CT molecular complexity index is 423. The van der Waals surface area contributed by atoms with Gasteiger partial charge in [0.2, 0.25) is 0 Å². The summed E-state index contributed by atoms with van der Waals surface area (Å²) in [7, 11) is 0. The van der Waals surface area contributed by atoms with Gasteiger partial charge in [-0.25, -0.2) is 0 Å². The van der Waals surface area contributed by atoms with Crippen LogP contribution >= 0.6 is 31.9 Å². The van der Waals surface area contributed by atoms with E-state index in [-0.39, 0.29) is 0 Å². The summed E-state index contributed by atoms with van der Waals surface area (Å²) in [6.07, 6.45) is 1.30. The molecule has 0 bridgehead atoms. The molecule has 0 aliphatic carbocycles. The monoisotopic (exact) mass is 373 g/mol. The van der Waals surface area contributed by atoms with E-state index in [1.807, 2.05) is 0 Å². The van der Waals surface area contributed by atoms with Crippen molar-refractivity contribution in [2.75, 3.05) is 18.0 Å². The highest BCUT2D eigenvalue weighted by Gasteiger charge is 2.32. The average molecular weight is 375 g/mol. The van der Waals surface area contributed by atoms with Crippen LogP contribution in [0.25, 0.3) is 0 Å². The second-order valence-corrected chi connectivity index (χ2v) is 7.63. The van der Waals surface area contributed by atoms with Gasteiger partial charge in [0.1, 0.15) is 0 Å². The van der Waals surface area contributed by atoms with Crippen LogP contribution in [-0.4, -0.2) is 13.1 Å². The van der Waals surface area contributed by atoms with E-state index in [0.717, 1.165) is 11.2 Å². The molecule has 2 rings (SSSR count). The van der Waals surface area contributed by atoms with Crippen molar-refractivity contribution in [3.8, 4) is 0 Å². The Morgan fingerprint density at radius 3 is 2.56 bits per heavy atom. The quantitative estimate of drug-likeness (QED) is 0.641. The fourth-order valence-electron chi connectivity index (χ4n) is 2.58. The summed E-state index contributed by atoms with van der Waals surface area (Å²) < 4.78 is 1.22. The summed E-state index contributed by atoms with van der Waals surface area (Å²) in [5.41, 5.74) is 3.07. The lowest BCUT2D eigenvalue weighted by atomic mass is 9.80. The van der Waals surface area contributed by atoms with Crippen molar-refractivity contribution in [1.82, 2.24) is 0 Å². The zero-order valence-electron chi connectivity index (χ0n) is 11.3. The molecule has 1 saturated heterocycles. The maximum Gasteiger partial charge on any atom is 0.0510 e. The number of alkyl halides is 1. The Morgan fingerprint density at radius 2 is 2.06 bits per heavy atom. The lowest BCUT2D eigenvalue weighted by Crippen LogP contribution is -2.26. The molecule has 100 valence electrons. The largest absolute Gasteiger partial charge is 0.370 e. The number of hydrogen-bond donors (Lipinski definition) is 0. The van der Waals surface area contributed by atoms with Gasteiger partial charge in [-0.2, -0.15) is 0 Å². The summed E-state index contributed by atoms with van der Waals surface area (Å²) in [4.78, 5) is 2.51. The molecule has 1 unspecified atom stereocenters. The third-order valence-corrected chi connectivity index (χ3v) is 5.20. The van der Waals surface area contributed by atoms with Crippen LogP contribution in [-0.2, 0) is 5.33 Å². The van der Waals surface area contributed by atoms with E-state index >= 15 is 0 Å². The summed E-state index contributed by atoms with van der Waals surface area (Å²) in [6.45, 7) is 9.41. The van der Waals surface area contributed by atoms with Gasteiger partial charge in [0.25, 0.3) is 0 Å². The maximum atomic E-state index is 3.71. The number of nitrogens with zero attached hydrogens (tertiary/aromatic N) is 1. The SMILES string of the molecule is CC(C)(C)C1CCN(c2ccc(CBr)cc2Br)C1. The Kier molecular flexibility index (Phi) is 4.43. The summed E-state index contributed by atoms with van der Waals surface area (Å²) in [5.74, 6) is 0.792. The zero-order valence-corrected chi connectivity index (χ0v) is 14.5. The number of halogens is 2. The molecule has 3 heteroatoms. The van der Waals surface area contributed by atoms with Crippen molar-refractivity contribution in [2.24, 2.45) is 11.3 Å². The van der Waals surface area contributed by atoms with Crippen LogP contribution in [0, 0.1) is 11.3 Å². The molecule has 1 aromatic carbocycles. The molecule has 0 radical (unpaired) electrons. The van der Waals surface area contributed by atoms with E-state index in [9.17, 15) is 0 Å². The highest BCUT2D eigenvalue weighted by molar-refractivity contribution is 9.10. The lowest BCUT2D eigenvalue weighted by molar-refractivity contribution is 0.263. The normalized spacial score (nSPS) is 20.5. The van der Waals surface area contributed by atoms with Gasteiger partial charge in [0, 0.05) is 22.9 Å². The van der Waals surface area contributed by atoms with Crippen LogP contribution in [0.1, 0.15) is 32.8 Å². The Balaban J connectivity index is 2.14. The molecular weight excluding hydrogens is 354 g/mol. The van der Waals surface area contributed by atoms with Crippen LogP contribution in [0.5, 0.6) is 0 Å². The molecule has 1 atom stereocenters. The zero-order chi connectivity index (χ0) is 13.3. The van der Waals surface area contributed by atoms with Crippen LogP contribution in [0.4, 0.5) is 5.69 Å². The van der Waals surface area contributed by atoms with Gasteiger partial charge in [-0.1, -0.05) is 42.8 Å². The van der Waals surface area contributed by atoms with E-state index in [2.05, 4.69) is 75.7 Å². The summed E-state index contributed by atoms with van der Waals surface area (Å²) in [6, 6.07) is 6.67. The molecule has 1 nitrogen and oxygen atoms in total. The van der Waals surface area contributed by atoms with E-state index in [1.165, 1.54) is 35.2 Å². The molecule has 0 N–H and O–H groups in total. The molecular formula is C15H21Br2N. The van der Waals surface area contributed by atoms with Crippen LogP contribution in [0.2, 0.25) is 0 Å². The predicted octanol–water partition coefficient (Wildman–Crippen LogP) is 5.22. The second-order valence-electron chi connectivity index (χ2n) is 6.22. The van der Waals surface area contributed by atoms with Crippen molar-refractivity contribution in [3.63, 3.8) is 0 Å². The highest BCUT2D eigenvalue weighted by Crippen LogP contribution is 2.38. The van der Waals surface area contributed by atoms with E-state index in [1.54, 1.807) is 0 Å². The molecule has 1 fully saturated rings. The van der Waals surface area contributed by atoms with Crippen molar-refractivity contribution in [2.45, 2.75) is 32.5 Å². The fraction of sp³-hybridized carbons (Fsp3) is 0.600. The maximum absolute atomic E-state index is 3.71. The molecule has 0 spiro atoms. The van der Waals surface area contributed by atoms with Gasteiger partial charge in [-0.05, 0) is 51.4 Å². The molecule has 1 aliphatic rings. The fourth-order valence-corrected chi connectivity index (χ4v) is 3.60. The minimum Gasteiger partial charge on any atom is -0.370 e. The number of hydrogen-bond acceptors (Lipinski definition) is 1. The topological polar surface area (TPSA) is 3.24 Å². The van der Waals surface area contributed by atoms with E-state index < -0.39 is 0 Å². The molecule has 1 aromatic rings. The number of rotatable bonds is 2. The van der Waals surface area contributed by atoms with Gasteiger partial charge < -0.3 is 4.90 Å². The van der Waals surface area contributed by atoms with Gasteiger partial charge >= 0.3 is 0 Å². The molecule has 0 aromatic heterocycles. The third-order valence-electron chi connectivity index (χ3n) is 3.92. The molecule has 18 heavy (non-hydrogen) atoms. The van der Waals surface area contributed by atoms with E-state index in [4.69, 9.17) is 0 Å². The lowest BCUT2D eigenvalue weighted by Gasteiger charge is -2.28. The third kappa shape index (κ3) is 3.11. The Hall–Kier alpha value is -0.0200. The van der Waals surface area contributed by atoms with E-state index in [0.29, 0.717) is 5.41 Å². The van der Waals surface area contributed by atoms with Crippen molar-refractivity contribution < 1.29 is 0 Å². The first-order valence-electron chi connectivity index (χ1n) is 6.51. The molecule has 0 amide bonds. The van der Waals surface area contributed by atoms with Gasteiger partial charge in [0.15, 0.2) is 0 Å². The summed E-state index contributed by atoms with van der Waals surface area (Å²) >= 11 is 7.21. The van der Waals surface area contributed by atoms with Gasteiger partial charge in [-0.15, -0.1) is 0 Å². The second kappa shape index (κ2) is 5.54. The standard InChI is InChI=1S/C15H21Br2N/c1-15(2,3)12-6-7-18(10-12)14-5-4-11(9-16)8-13(14)17/h4-5,8,12H,6-7,9-10H2,1-3H3. The summed E-state index contributed by atoms with van der Waals surface area (Å²) in [5, 5.41) is 0.913.